The molecule has 3 aromatic rings. The van der Waals surface area contributed by atoms with Crippen LogP contribution in [0.1, 0.15) is 11.3 Å². The molecule has 0 bridgehead atoms. The van der Waals surface area contributed by atoms with Crippen molar-refractivity contribution < 1.29 is 5.11 Å². The fourth-order valence-electron chi connectivity index (χ4n) is 3.86. The number of benzene rings is 1. The summed E-state index contributed by atoms with van der Waals surface area (Å²) in [4.78, 5) is 19.6. The number of hydrogen-bond acceptors (Lipinski definition) is 9. The van der Waals surface area contributed by atoms with E-state index in [1.807, 2.05) is 54.7 Å². The third-order valence-electron chi connectivity index (χ3n) is 5.84. The summed E-state index contributed by atoms with van der Waals surface area (Å²) < 4.78 is 0. The van der Waals surface area contributed by atoms with Crippen LogP contribution in [-0.4, -0.2) is 71.0 Å². The van der Waals surface area contributed by atoms with Gasteiger partial charge >= 0.3 is 0 Å². The summed E-state index contributed by atoms with van der Waals surface area (Å²) >= 11 is 0. The van der Waals surface area contributed by atoms with Crippen molar-refractivity contribution in [2.24, 2.45) is 5.73 Å². The van der Waals surface area contributed by atoms with Crippen LogP contribution in [0.4, 0.5) is 11.6 Å². The summed E-state index contributed by atoms with van der Waals surface area (Å²) in [6.45, 7) is 4.09. The molecule has 0 saturated carbocycles. The predicted octanol–water partition coefficient (Wildman–Crippen LogP) is 1.45. The van der Waals surface area contributed by atoms with Gasteiger partial charge in [-0.2, -0.15) is 5.26 Å². The van der Waals surface area contributed by atoms with Crippen LogP contribution in [0, 0.1) is 11.3 Å². The molecular weight excluding hydrogens is 416 g/mol. The van der Waals surface area contributed by atoms with E-state index in [1.54, 1.807) is 12.3 Å². The van der Waals surface area contributed by atoms with Crippen LogP contribution in [-0.2, 0) is 6.54 Å². The topological polar surface area (TPSA) is 118 Å². The minimum Gasteiger partial charge on any atom is -0.377 e. The summed E-state index contributed by atoms with van der Waals surface area (Å²) in [7, 11) is 1.85. The normalized spacial score (nSPS) is 14.9. The Labute approximate surface area is 193 Å². The third kappa shape index (κ3) is 5.43. The van der Waals surface area contributed by atoms with Crippen molar-refractivity contribution in [2.75, 3.05) is 49.6 Å². The Kier molecular flexibility index (Phi) is 7.10. The van der Waals surface area contributed by atoms with E-state index in [9.17, 15) is 5.11 Å². The van der Waals surface area contributed by atoms with Crippen LogP contribution in [0.2, 0.25) is 0 Å². The monoisotopic (exact) mass is 444 g/mol. The molecule has 9 heteroatoms. The average molecular weight is 445 g/mol. The summed E-state index contributed by atoms with van der Waals surface area (Å²) in [5, 5.41) is 18.8. The lowest BCUT2D eigenvalue weighted by atomic mass is 10.1. The highest BCUT2D eigenvalue weighted by Gasteiger charge is 2.19. The smallest absolute Gasteiger partial charge is 0.225 e. The van der Waals surface area contributed by atoms with Gasteiger partial charge < -0.3 is 20.6 Å². The zero-order valence-electron chi connectivity index (χ0n) is 18.7. The second-order valence-corrected chi connectivity index (χ2v) is 8.09. The fourth-order valence-corrected chi connectivity index (χ4v) is 3.86. The Morgan fingerprint density at radius 3 is 2.39 bits per heavy atom. The van der Waals surface area contributed by atoms with E-state index in [2.05, 4.69) is 30.8 Å². The van der Waals surface area contributed by atoms with Crippen molar-refractivity contribution in [3.63, 3.8) is 0 Å². The van der Waals surface area contributed by atoms with Gasteiger partial charge in [-0.15, -0.1) is 0 Å². The molecule has 1 fully saturated rings. The lowest BCUT2D eigenvalue weighted by Gasteiger charge is -2.35. The molecule has 1 aromatic carbocycles. The zero-order valence-corrected chi connectivity index (χ0v) is 18.7. The number of hydrogen-bond donors (Lipinski definition) is 2. The number of aromatic nitrogens is 3. The van der Waals surface area contributed by atoms with Crippen molar-refractivity contribution in [3.8, 4) is 17.2 Å². The molecule has 2 aromatic heterocycles. The number of nitriles is 1. The maximum atomic E-state index is 9.89. The van der Waals surface area contributed by atoms with Gasteiger partial charge in [0.25, 0.3) is 0 Å². The Hall–Kier alpha value is -3.58. The lowest BCUT2D eigenvalue weighted by Crippen LogP contribution is -2.47. The Balaban J connectivity index is 1.38. The molecule has 0 radical (unpaired) electrons. The van der Waals surface area contributed by atoms with E-state index < -0.39 is 6.23 Å². The van der Waals surface area contributed by atoms with Gasteiger partial charge in [-0.1, -0.05) is 18.2 Å². The number of piperazine rings is 1. The maximum Gasteiger partial charge on any atom is 0.225 e. The van der Waals surface area contributed by atoms with Crippen LogP contribution < -0.4 is 15.5 Å². The molecule has 3 heterocycles. The molecule has 9 nitrogen and oxygen atoms in total. The Bertz CT molecular complexity index is 1090. The number of likely N-dealkylation sites (N-methyl/N-ethyl adjacent to an activating group) is 1. The molecule has 1 saturated heterocycles. The number of aliphatic hydroxyl groups excluding tert-OH is 1. The fraction of sp³-hybridized carbons (Fsp3) is 0.333. The van der Waals surface area contributed by atoms with Crippen LogP contribution in [0.15, 0.2) is 55.0 Å². The van der Waals surface area contributed by atoms with E-state index in [-0.39, 0.29) is 6.54 Å². The Morgan fingerprint density at radius 2 is 1.76 bits per heavy atom. The van der Waals surface area contributed by atoms with Gasteiger partial charge in [0.2, 0.25) is 5.95 Å². The van der Waals surface area contributed by atoms with Crippen molar-refractivity contribution in [1.82, 2.24) is 19.9 Å². The SMILES string of the molecule is CN(Cc1cccc(-c2cnc(N3CCN(c4ccc(C#N)nc4)CC3)nc2)c1)C(O)CN. The molecule has 0 aliphatic carbocycles. The first-order valence-corrected chi connectivity index (χ1v) is 10.9. The largest absolute Gasteiger partial charge is 0.377 e. The molecule has 1 aliphatic rings. The van der Waals surface area contributed by atoms with Crippen molar-refractivity contribution in [1.29, 1.82) is 5.26 Å². The molecule has 4 rings (SSSR count). The van der Waals surface area contributed by atoms with Gasteiger partial charge in [0.15, 0.2) is 0 Å². The molecule has 1 aliphatic heterocycles. The number of aliphatic hydroxyl groups is 1. The molecule has 33 heavy (non-hydrogen) atoms. The first-order chi connectivity index (χ1) is 16.1. The van der Waals surface area contributed by atoms with Gasteiger partial charge in [0, 0.05) is 57.2 Å². The molecule has 0 amide bonds. The second kappa shape index (κ2) is 10.4. The lowest BCUT2D eigenvalue weighted by molar-refractivity contribution is 0.0246. The van der Waals surface area contributed by atoms with Gasteiger partial charge in [-0.05, 0) is 36.4 Å². The first kappa shape index (κ1) is 22.6. The van der Waals surface area contributed by atoms with E-state index in [4.69, 9.17) is 11.0 Å². The van der Waals surface area contributed by atoms with E-state index >= 15 is 0 Å². The summed E-state index contributed by atoms with van der Waals surface area (Å²) in [5.41, 5.74) is 10.1. The number of rotatable bonds is 7. The van der Waals surface area contributed by atoms with Gasteiger partial charge in [0.1, 0.15) is 18.0 Å². The zero-order chi connectivity index (χ0) is 23.2. The number of nitrogens with zero attached hydrogens (tertiary/aromatic N) is 7. The average Bonchev–Trinajstić information content (AvgIpc) is 2.88. The van der Waals surface area contributed by atoms with Gasteiger partial charge in [-0.25, -0.2) is 15.0 Å². The molecular formula is C24H28N8O. The quantitative estimate of drug-likeness (QED) is 0.522. The van der Waals surface area contributed by atoms with E-state index in [0.29, 0.717) is 12.2 Å². The van der Waals surface area contributed by atoms with Crippen LogP contribution in [0.25, 0.3) is 11.1 Å². The third-order valence-corrected chi connectivity index (χ3v) is 5.84. The standard InChI is InChI=1S/C24H28N8O/c1-30(23(33)13-26)17-18-3-2-4-19(11-18)20-14-28-24(29-15-20)32-9-7-31(8-10-32)22-6-5-21(12-25)27-16-22/h2-6,11,14-16,23,33H,7-10,13,17,26H2,1H3. The molecule has 3 N–H and O–H groups in total. The second-order valence-electron chi connectivity index (χ2n) is 8.09. The van der Waals surface area contributed by atoms with E-state index in [1.165, 1.54) is 0 Å². The minimum absolute atomic E-state index is 0.199. The first-order valence-electron chi connectivity index (χ1n) is 10.9. The van der Waals surface area contributed by atoms with Crippen LogP contribution in [0.3, 0.4) is 0 Å². The molecule has 1 unspecified atom stereocenters. The highest BCUT2D eigenvalue weighted by molar-refractivity contribution is 5.63. The van der Waals surface area contributed by atoms with Crippen molar-refractivity contribution in [3.05, 3.63) is 66.2 Å². The number of pyridine rings is 1. The van der Waals surface area contributed by atoms with Gasteiger partial charge in [0.05, 0.1) is 11.9 Å². The van der Waals surface area contributed by atoms with Gasteiger partial charge in [-0.3, -0.25) is 4.90 Å². The van der Waals surface area contributed by atoms with Crippen molar-refractivity contribution in [2.45, 2.75) is 12.8 Å². The Morgan fingerprint density at radius 1 is 1.03 bits per heavy atom. The molecule has 0 spiro atoms. The predicted molar refractivity (Wildman–Crippen MR) is 127 cm³/mol. The maximum absolute atomic E-state index is 9.89. The van der Waals surface area contributed by atoms with E-state index in [0.717, 1.165) is 54.5 Å². The number of anilines is 2. The summed E-state index contributed by atoms with van der Waals surface area (Å²) in [6, 6.07) is 13.9. The van der Waals surface area contributed by atoms with Crippen LogP contribution >= 0.6 is 0 Å². The van der Waals surface area contributed by atoms with Crippen molar-refractivity contribution >= 4 is 11.6 Å². The number of nitrogens with two attached hydrogens (primary N) is 1. The molecule has 170 valence electrons. The minimum atomic E-state index is -0.662. The highest BCUT2D eigenvalue weighted by Crippen LogP contribution is 2.22. The highest BCUT2D eigenvalue weighted by atomic mass is 16.3. The summed E-state index contributed by atoms with van der Waals surface area (Å²) in [5.74, 6) is 0.721. The summed E-state index contributed by atoms with van der Waals surface area (Å²) in [6.07, 6.45) is 4.81. The van der Waals surface area contributed by atoms with Crippen LogP contribution in [0.5, 0.6) is 0 Å². The molecule has 1 atom stereocenters.